The van der Waals surface area contributed by atoms with Crippen molar-refractivity contribution in [2.45, 2.75) is 26.3 Å². The number of aromatic carboxylic acids is 1. The molecule has 0 bridgehead atoms. The molecule has 0 fully saturated rings. The Balaban J connectivity index is 2.29. The third-order valence-electron chi connectivity index (χ3n) is 3.05. The monoisotopic (exact) mass is 274 g/mol. The van der Waals surface area contributed by atoms with Gasteiger partial charge in [0.2, 0.25) is 0 Å². The van der Waals surface area contributed by atoms with Gasteiger partial charge in [0, 0.05) is 6.20 Å². The lowest BCUT2D eigenvalue weighted by molar-refractivity contribution is 0.0695. The first-order chi connectivity index (χ1) is 9.51. The Morgan fingerprint density at radius 1 is 1.45 bits per heavy atom. The van der Waals surface area contributed by atoms with Crippen LogP contribution in [0.4, 0.5) is 0 Å². The van der Waals surface area contributed by atoms with Crippen molar-refractivity contribution in [1.82, 2.24) is 9.78 Å². The van der Waals surface area contributed by atoms with Gasteiger partial charge >= 0.3 is 5.97 Å². The molecule has 0 aliphatic rings. The van der Waals surface area contributed by atoms with Gasteiger partial charge in [-0.1, -0.05) is 26.0 Å². The molecule has 1 N–H and O–H groups in total. The summed E-state index contributed by atoms with van der Waals surface area (Å²) in [5.41, 5.74) is 1.89. The summed E-state index contributed by atoms with van der Waals surface area (Å²) in [4.78, 5) is 11.2. The van der Waals surface area contributed by atoms with Crippen molar-refractivity contribution in [2.75, 3.05) is 7.11 Å². The van der Waals surface area contributed by atoms with E-state index in [1.165, 1.54) is 0 Å². The highest BCUT2D eigenvalue weighted by Crippen LogP contribution is 2.19. The minimum atomic E-state index is -0.939. The molecule has 0 saturated carbocycles. The number of hydrogen-bond donors (Lipinski definition) is 1. The van der Waals surface area contributed by atoms with Crippen molar-refractivity contribution >= 4 is 5.97 Å². The van der Waals surface area contributed by atoms with E-state index in [0.717, 1.165) is 11.3 Å². The minimum Gasteiger partial charge on any atom is -0.497 e. The van der Waals surface area contributed by atoms with E-state index < -0.39 is 5.97 Å². The highest BCUT2D eigenvalue weighted by Gasteiger charge is 2.17. The highest BCUT2D eigenvalue weighted by atomic mass is 16.5. The van der Waals surface area contributed by atoms with Crippen LogP contribution in [0, 0.1) is 0 Å². The second-order valence-electron chi connectivity index (χ2n) is 4.94. The van der Waals surface area contributed by atoms with Gasteiger partial charge in [-0.2, -0.15) is 5.10 Å². The molecule has 2 aromatic rings. The van der Waals surface area contributed by atoms with Gasteiger partial charge in [0.1, 0.15) is 11.3 Å². The number of carboxylic acids is 1. The first-order valence-corrected chi connectivity index (χ1v) is 6.45. The fourth-order valence-corrected chi connectivity index (χ4v) is 2.07. The summed E-state index contributed by atoms with van der Waals surface area (Å²) >= 11 is 0. The van der Waals surface area contributed by atoms with Crippen LogP contribution in [0.5, 0.6) is 5.75 Å². The lowest BCUT2D eigenvalue weighted by Crippen LogP contribution is -2.02. The van der Waals surface area contributed by atoms with Crippen LogP contribution in [0.25, 0.3) is 0 Å². The largest absolute Gasteiger partial charge is 0.497 e. The first-order valence-electron chi connectivity index (χ1n) is 6.45. The number of ether oxygens (including phenoxy) is 1. The Labute approximate surface area is 117 Å². The quantitative estimate of drug-likeness (QED) is 0.910. The van der Waals surface area contributed by atoms with Crippen LogP contribution in [-0.2, 0) is 6.54 Å². The summed E-state index contributed by atoms with van der Waals surface area (Å²) in [6.07, 6.45) is 1.58. The van der Waals surface area contributed by atoms with E-state index in [0.29, 0.717) is 12.2 Å². The molecular formula is C15H18N2O3. The smallest absolute Gasteiger partial charge is 0.339 e. The van der Waals surface area contributed by atoms with Gasteiger partial charge in [-0.3, -0.25) is 4.68 Å². The molecule has 5 heteroatoms. The van der Waals surface area contributed by atoms with Crippen molar-refractivity contribution in [1.29, 1.82) is 0 Å². The standard InChI is InChI=1S/C15H18N2O3/c1-10(2)14-13(15(18)19)9-17(16-14)8-11-5-4-6-12(7-11)20-3/h4-7,9-10H,8H2,1-3H3,(H,18,19). The summed E-state index contributed by atoms with van der Waals surface area (Å²) in [6.45, 7) is 4.39. The molecule has 1 aromatic heterocycles. The summed E-state index contributed by atoms with van der Waals surface area (Å²) in [6, 6.07) is 7.64. The molecule has 0 aliphatic carbocycles. The van der Waals surface area contributed by atoms with Crippen LogP contribution in [0.15, 0.2) is 30.5 Å². The number of carboxylic acid groups (broad SMARTS) is 1. The molecule has 0 amide bonds. The van der Waals surface area contributed by atoms with Gasteiger partial charge < -0.3 is 9.84 Å². The number of carbonyl (C=O) groups is 1. The zero-order valence-corrected chi connectivity index (χ0v) is 11.8. The normalized spacial score (nSPS) is 10.8. The first kappa shape index (κ1) is 14.1. The van der Waals surface area contributed by atoms with Crippen molar-refractivity contribution in [3.63, 3.8) is 0 Å². The average Bonchev–Trinajstić information content (AvgIpc) is 2.83. The van der Waals surface area contributed by atoms with Crippen LogP contribution < -0.4 is 4.74 Å². The van der Waals surface area contributed by atoms with Gasteiger partial charge in [-0.05, 0) is 23.6 Å². The number of aromatic nitrogens is 2. The zero-order valence-electron chi connectivity index (χ0n) is 11.8. The Morgan fingerprint density at radius 3 is 2.75 bits per heavy atom. The Morgan fingerprint density at radius 2 is 2.20 bits per heavy atom. The fraction of sp³-hybridized carbons (Fsp3) is 0.333. The van der Waals surface area contributed by atoms with E-state index in [1.54, 1.807) is 18.0 Å². The lowest BCUT2D eigenvalue weighted by atomic mass is 10.1. The summed E-state index contributed by atoms with van der Waals surface area (Å²) in [5, 5.41) is 13.6. The predicted molar refractivity (Wildman–Crippen MR) is 75.4 cm³/mol. The predicted octanol–water partition coefficient (Wildman–Crippen LogP) is 2.76. The Hall–Kier alpha value is -2.30. The molecule has 0 saturated heterocycles. The van der Waals surface area contributed by atoms with Crippen LogP contribution in [0.1, 0.15) is 41.4 Å². The molecule has 106 valence electrons. The van der Waals surface area contributed by atoms with E-state index in [-0.39, 0.29) is 11.5 Å². The SMILES string of the molecule is COc1cccc(Cn2cc(C(=O)O)c(C(C)C)n2)c1. The number of hydrogen-bond acceptors (Lipinski definition) is 3. The minimum absolute atomic E-state index is 0.0765. The molecule has 0 aliphatic heterocycles. The van der Waals surface area contributed by atoms with Crippen LogP contribution in [0.3, 0.4) is 0 Å². The average molecular weight is 274 g/mol. The van der Waals surface area contributed by atoms with Crippen LogP contribution >= 0.6 is 0 Å². The number of benzene rings is 1. The van der Waals surface area contributed by atoms with E-state index in [1.807, 2.05) is 38.1 Å². The van der Waals surface area contributed by atoms with Crippen molar-refractivity contribution in [3.8, 4) is 5.75 Å². The Bertz CT molecular complexity index is 617. The van der Waals surface area contributed by atoms with Gasteiger partial charge in [0.25, 0.3) is 0 Å². The molecule has 5 nitrogen and oxygen atoms in total. The third-order valence-corrected chi connectivity index (χ3v) is 3.05. The molecule has 0 spiro atoms. The number of nitrogens with zero attached hydrogens (tertiary/aromatic N) is 2. The third kappa shape index (κ3) is 2.99. The Kier molecular flexibility index (Phi) is 4.08. The van der Waals surface area contributed by atoms with Gasteiger partial charge in [-0.25, -0.2) is 4.79 Å². The molecule has 0 unspecified atom stereocenters. The van der Waals surface area contributed by atoms with Gasteiger partial charge in [-0.15, -0.1) is 0 Å². The number of rotatable bonds is 5. The van der Waals surface area contributed by atoms with Gasteiger partial charge in [0.05, 0.1) is 19.3 Å². The maximum Gasteiger partial charge on any atom is 0.339 e. The van der Waals surface area contributed by atoms with E-state index in [4.69, 9.17) is 4.74 Å². The van der Waals surface area contributed by atoms with E-state index >= 15 is 0 Å². The molecule has 0 atom stereocenters. The fourth-order valence-electron chi connectivity index (χ4n) is 2.07. The summed E-state index contributed by atoms with van der Waals surface area (Å²) in [5.74, 6) is -0.0875. The summed E-state index contributed by atoms with van der Waals surface area (Å²) < 4.78 is 6.83. The highest BCUT2D eigenvalue weighted by molar-refractivity contribution is 5.88. The molecule has 1 heterocycles. The molecular weight excluding hydrogens is 256 g/mol. The molecule has 20 heavy (non-hydrogen) atoms. The van der Waals surface area contributed by atoms with Crippen molar-refractivity contribution in [3.05, 3.63) is 47.3 Å². The van der Waals surface area contributed by atoms with Crippen molar-refractivity contribution < 1.29 is 14.6 Å². The second kappa shape index (κ2) is 5.77. The molecule has 0 radical (unpaired) electrons. The topological polar surface area (TPSA) is 64.3 Å². The zero-order chi connectivity index (χ0) is 14.7. The maximum atomic E-state index is 11.2. The van der Waals surface area contributed by atoms with E-state index in [9.17, 15) is 9.90 Å². The van der Waals surface area contributed by atoms with Crippen molar-refractivity contribution in [2.24, 2.45) is 0 Å². The summed E-state index contributed by atoms with van der Waals surface area (Å²) in [7, 11) is 1.62. The number of methoxy groups -OCH3 is 1. The van der Waals surface area contributed by atoms with E-state index in [2.05, 4.69) is 5.10 Å². The van der Waals surface area contributed by atoms with Gasteiger partial charge in [0.15, 0.2) is 0 Å². The van der Waals surface area contributed by atoms with Crippen LogP contribution in [-0.4, -0.2) is 28.0 Å². The molecule has 2 rings (SSSR count). The second-order valence-corrected chi connectivity index (χ2v) is 4.94. The lowest BCUT2D eigenvalue weighted by Gasteiger charge is -2.05. The molecule has 1 aromatic carbocycles. The van der Waals surface area contributed by atoms with Crippen LogP contribution in [0.2, 0.25) is 0 Å². The maximum absolute atomic E-state index is 11.2.